The molecule has 0 atom stereocenters. The number of aromatic nitrogens is 3. The topological polar surface area (TPSA) is 59.8 Å². The smallest absolute Gasteiger partial charge is 0.230 e. The Labute approximate surface area is 142 Å². The van der Waals surface area contributed by atoms with Crippen LogP contribution in [0.3, 0.4) is 0 Å². The highest BCUT2D eigenvalue weighted by Gasteiger charge is 2.51. The lowest BCUT2D eigenvalue weighted by molar-refractivity contribution is -0.124. The molecule has 6 heteroatoms. The highest BCUT2D eigenvalue weighted by atomic mass is 32.2. The number of hydrogen-bond donors (Lipinski definition) is 1. The monoisotopic (exact) mass is 334 g/mol. The summed E-state index contributed by atoms with van der Waals surface area (Å²) in [4.78, 5) is 12.5. The molecule has 4 saturated carbocycles. The van der Waals surface area contributed by atoms with Gasteiger partial charge in [-0.25, -0.2) is 0 Å². The molecule has 0 aromatic carbocycles. The molecule has 5 nitrogen and oxygen atoms in total. The fourth-order valence-corrected chi connectivity index (χ4v) is 6.26. The summed E-state index contributed by atoms with van der Waals surface area (Å²) in [6.07, 6.45) is 9.57. The van der Waals surface area contributed by atoms with E-state index in [4.69, 9.17) is 0 Å². The van der Waals surface area contributed by atoms with Crippen molar-refractivity contribution in [3.05, 3.63) is 6.33 Å². The van der Waals surface area contributed by atoms with E-state index < -0.39 is 0 Å². The van der Waals surface area contributed by atoms with Crippen LogP contribution in [0.25, 0.3) is 0 Å². The van der Waals surface area contributed by atoms with Crippen molar-refractivity contribution in [2.45, 2.75) is 69.1 Å². The lowest BCUT2D eigenvalue weighted by atomic mass is 9.53. The van der Waals surface area contributed by atoms with E-state index in [9.17, 15) is 4.79 Å². The van der Waals surface area contributed by atoms with Crippen LogP contribution in [-0.4, -0.2) is 32.0 Å². The molecular formula is C17H26N4OS. The number of carbonyl (C=O) groups excluding carboxylic acids is 1. The molecule has 0 unspecified atom stereocenters. The van der Waals surface area contributed by atoms with Crippen LogP contribution in [0, 0.1) is 17.8 Å². The quantitative estimate of drug-likeness (QED) is 0.841. The molecule has 1 amide bonds. The van der Waals surface area contributed by atoms with Crippen molar-refractivity contribution in [2.75, 3.05) is 5.75 Å². The van der Waals surface area contributed by atoms with Gasteiger partial charge in [-0.05, 0) is 70.1 Å². The lowest BCUT2D eigenvalue weighted by Crippen LogP contribution is -2.60. The minimum atomic E-state index is 0.109. The Morgan fingerprint density at radius 2 is 1.91 bits per heavy atom. The van der Waals surface area contributed by atoms with E-state index in [0.717, 1.165) is 22.9 Å². The molecule has 0 aliphatic heterocycles. The van der Waals surface area contributed by atoms with E-state index in [2.05, 4.69) is 29.4 Å². The van der Waals surface area contributed by atoms with E-state index >= 15 is 0 Å². The molecule has 1 N–H and O–H groups in total. The molecule has 126 valence electrons. The summed E-state index contributed by atoms with van der Waals surface area (Å²) in [6.45, 7) is 4.20. The third-order valence-corrected chi connectivity index (χ3v) is 6.83. The molecule has 4 aliphatic rings. The molecule has 1 heterocycles. The van der Waals surface area contributed by atoms with Crippen LogP contribution < -0.4 is 5.32 Å². The van der Waals surface area contributed by atoms with Crippen molar-refractivity contribution in [3.8, 4) is 0 Å². The van der Waals surface area contributed by atoms with Gasteiger partial charge < -0.3 is 9.88 Å². The number of carbonyl (C=O) groups is 1. The second kappa shape index (κ2) is 5.80. The van der Waals surface area contributed by atoms with Gasteiger partial charge in [0.1, 0.15) is 6.33 Å². The zero-order valence-electron chi connectivity index (χ0n) is 14.0. The average Bonchev–Trinajstić information content (AvgIpc) is 2.91. The van der Waals surface area contributed by atoms with E-state index in [1.165, 1.54) is 50.3 Å². The number of thioether (sulfide) groups is 1. The maximum atomic E-state index is 12.5. The van der Waals surface area contributed by atoms with E-state index in [1.54, 1.807) is 6.33 Å². The summed E-state index contributed by atoms with van der Waals surface area (Å²) in [7, 11) is 0. The zero-order chi connectivity index (χ0) is 16.0. The van der Waals surface area contributed by atoms with Crippen molar-refractivity contribution in [1.82, 2.24) is 20.1 Å². The summed E-state index contributed by atoms with van der Waals surface area (Å²) in [5, 5.41) is 12.3. The molecule has 4 aliphatic carbocycles. The van der Waals surface area contributed by atoms with Crippen LogP contribution in [0.2, 0.25) is 0 Å². The average molecular weight is 334 g/mol. The van der Waals surface area contributed by atoms with Gasteiger partial charge >= 0.3 is 0 Å². The number of amides is 1. The highest BCUT2D eigenvalue weighted by molar-refractivity contribution is 7.99. The second-order valence-corrected chi connectivity index (χ2v) is 9.09. The Hall–Kier alpha value is -1.04. The highest BCUT2D eigenvalue weighted by Crippen LogP contribution is 2.55. The Kier molecular flexibility index (Phi) is 3.90. The largest absolute Gasteiger partial charge is 0.350 e. The predicted molar refractivity (Wildman–Crippen MR) is 90.2 cm³/mol. The van der Waals surface area contributed by atoms with Crippen LogP contribution in [-0.2, 0) is 4.79 Å². The first kappa shape index (κ1) is 15.5. The maximum Gasteiger partial charge on any atom is 0.230 e. The van der Waals surface area contributed by atoms with Crippen LogP contribution >= 0.6 is 11.8 Å². The van der Waals surface area contributed by atoms with Crippen LogP contribution in [0.4, 0.5) is 0 Å². The molecule has 0 radical (unpaired) electrons. The zero-order valence-corrected chi connectivity index (χ0v) is 14.8. The Balaban J connectivity index is 1.36. The summed E-state index contributed by atoms with van der Waals surface area (Å²) >= 11 is 1.50. The van der Waals surface area contributed by atoms with E-state index in [0.29, 0.717) is 11.8 Å². The minimum Gasteiger partial charge on any atom is -0.350 e. The number of nitrogens with zero attached hydrogens (tertiary/aromatic N) is 3. The van der Waals surface area contributed by atoms with E-state index in [-0.39, 0.29) is 11.4 Å². The molecular weight excluding hydrogens is 308 g/mol. The third kappa shape index (κ3) is 3.02. The normalized spacial score (nSPS) is 35.0. The van der Waals surface area contributed by atoms with Crippen molar-refractivity contribution in [1.29, 1.82) is 0 Å². The Bertz CT molecular complexity index is 562. The van der Waals surface area contributed by atoms with Gasteiger partial charge in [0.05, 0.1) is 5.75 Å². The van der Waals surface area contributed by atoms with E-state index in [1.807, 2.05) is 4.57 Å². The van der Waals surface area contributed by atoms with Crippen LogP contribution in [0.5, 0.6) is 0 Å². The molecule has 1 aromatic heterocycles. The van der Waals surface area contributed by atoms with Gasteiger partial charge in [-0.3, -0.25) is 4.79 Å². The Morgan fingerprint density at radius 3 is 2.48 bits per heavy atom. The molecule has 5 rings (SSSR count). The number of nitrogens with one attached hydrogen (secondary N) is 1. The minimum absolute atomic E-state index is 0.109. The van der Waals surface area contributed by atoms with Gasteiger partial charge in [0.2, 0.25) is 5.91 Å². The van der Waals surface area contributed by atoms with Crippen molar-refractivity contribution < 1.29 is 4.79 Å². The van der Waals surface area contributed by atoms with Gasteiger partial charge in [0, 0.05) is 11.6 Å². The fraction of sp³-hybridized carbons (Fsp3) is 0.824. The van der Waals surface area contributed by atoms with Gasteiger partial charge in [0.15, 0.2) is 5.16 Å². The van der Waals surface area contributed by atoms with Crippen LogP contribution in [0.1, 0.15) is 58.4 Å². The third-order valence-electron chi connectivity index (χ3n) is 5.87. The summed E-state index contributed by atoms with van der Waals surface area (Å²) in [5.74, 6) is 3.18. The van der Waals surface area contributed by atoms with Gasteiger partial charge in [-0.1, -0.05) is 11.8 Å². The number of hydrogen-bond acceptors (Lipinski definition) is 4. The summed E-state index contributed by atoms with van der Waals surface area (Å²) < 4.78 is 2.02. The molecule has 0 spiro atoms. The van der Waals surface area contributed by atoms with Gasteiger partial charge in [0.25, 0.3) is 0 Å². The fourth-order valence-electron chi connectivity index (χ4n) is 5.42. The van der Waals surface area contributed by atoms with Crippen molar-refractivity contribution in [3.63, 3.8) is 0 Å². The first-order valence-electron chi connectivity index (χ1n) is 8.86. The molecule has 4 bridgehead atoms. The molecule has 0 saturated heterocycles. The number of rotatable bonds is 5. The second-order valence-electron chi connectivity index (χ2n) is 8.15. The first-order valence-corrected chi connectivity index (χ1v) is 9.85. The maximum absolute atomic E-state index is 12.5. The van der Waals surface area contributed by atoms with Crippen molar-refractivity contribution in [2.24, 2.45) is 17.8 Å². The van der Waals surface area contributed by atoms with Gasteiger partial charge in [-0.2, -0.15) is 0 Å². The van der Waals surface area contributed by atoms with Crippen LogP contribution in [0.15, 0.2) is 11.5 Å². The summed E-state index contributed by atoms with van der Waals surface area (Å²) in [5.41, 5.74) is 0.109. The first-order chi connectivity index (χ1) is 11.0. The standard InChI is InChI=1S/C17H26N4OS/c1-11(2)21-10-18-20-16(21)23-9-15(22)19-17-6-12-3-13(7-17)5-14(4-12)8-17/h10-14H,3-9H2,1-2H3,(H,19,22). The summed E-state index contributed by atoms with van der Waals surface area (Å²) in [6, 6.07) is 0.318. The van der Waals surface area contributed by atoms with Crippen molar-refractivity contribution >= 4 is 17.7 Å². The lowest BCUT2D eigenvalue weighted by Gasteiger charge is -2.56. The molecule has 23 heavy (non-hydrogen) atoms. The SMILES string of the molecule is CC(C)n1cnnc1SCC(=O)NC12CC3CC(CC(C3)C1)C2. The van der Waals surface area contributed by atoms with Gasteiger partial charge in [-0.15, -0.1) is 10.2 Å². The predicted octanol–water partition coefficient (Wildman–Crippen LogP) is 3.04. The molecule has 4 fully saturated rings. The Morgan fingerprint density at radius 1 is 1.30 bits per heavy atom. The molecule has 1 aromatic rings.